The zero-order valence-electron chi connectivity index (χ0n) is 19.8. The molecule has 1 saturated heterocycles. The van der Waals surface area contributed by atoms with Crippen molar-refractivity contribution in [3.8, 4) is 11.5 Å². The number of nitrogens with zero attached hydrogens (tertiary/aromatic N) is 3. The largest absolute Gasteiger partial charge is 0.448 e. The smallest absolute Gasteiger partial charge is 0.272 e. The normalized spacial score (nSPS) is 24.0. The van der Waals surface area contributed by atoms with Gasteiger partial charge < -0.3 is 24.8 Å². The first kappa shape index (κ1) is 20.9. The fourth-order valence-electron chi connectivity index (χ4n) is 5.85. The van der Waals surface area contributed by atoms with Crippen LogP contribution in [-0.2, 0) is 18.0 Å². The lowest BCUT2D eigenvalue weighted by Crippen LogP contribution is -2.45. The molecule has 7 rings (SSSR count). The van der Waals surface area contributed by atoms with Gasteiger partial charge in [0.1, 0.15) is 11.5 Å². The van der Waals surface area contributed by atoms with Gasteiger partial charge in [-0.05, 0) is 54.5 Å². The Bertz CT molecular complexity index is 1370. The van der Waals surface area contributed by atoms with E-state index in [1.54, 1.807) is 6.20 Å². The Kier molecular flexibility index (Phi) is 4.52. The molecular weight excluding hydrogens is 444 g/mol. The van der Waals surface area contributed by atoms with E-state index in [1.165, 1.54) is 0 Å². The van der Waals surface area contributed by atoms with Crippen LogP contribution in [0.3, 0.4) is 0 Å². The zero-order valence-corrected chi connectivity index (χ0v) is 19.8. The van der Waals surface area contributed by atoms with E-state index in [0.717, 1.165) is 65.7 Å². The molecule has 8 nitrogen and oxygen atoms in total. The van der Waals surface area contributed by atoms with Gasteiger partial charge in [0.05, 0.1) is 31.0 Å². The van der Waals surface area contributed by atoms with Gasteiger partial charge in [-0.1, -0.05) is 13.0 Å². The SMILES string of the molecule is CC1CCC(c2ccc3c(c2)OC2(CCC2)O3)N(C(=O)c2cc3c4c(c(N)nc3cn2)COC4)C1. The van der Waals surface area contributed by atoms with Crippen LogP contribution in [0.15, 0.2) is 30.5 Å². The van der Waals surface area contributed by atoms with Crippen LogP contribution in [0, 0.1) is 5.92 Å². The van der Waals surface area contributed by atoms with E-state index in [4.69, 9.17) is 19.9 Å². The third kappa shape index (κ3) is 3.26. The third-order valence-corrected chi connectivity index (χ3v) is 7.97. The molecule has 2 aromatic heterocycles. The van der Waals surface area contributed by atoms with Crippen molar-refractivity contribution in [2.45, 2.75) is 64.1 Å². The third-order valence-electron chi connectivity index (χ3n) is 7.97. The van der Waals surface area contributed by atoms with E-state index < -0.39 is 5.79 Å². The number of benzene rings is 1. The summed E-state index contributed by atoms with van der Waals surface area (Å²) in [4.78, 5) is 24.8. The van der Waals surface area contributed by atoms with Crippen molar-refractivity contribution in [2.24, 2.45) is 5.92 Å². The van der Waals surface area contributed by atoms with E-state index in [2.05, 4.69) is 29.0 Å². The molecule has 2 fully saturated rings. The predicted molar refractivity (Wildman–Crippen MR) is 129 cm³/mol. The molecule has 0 radical (unpaired) electrons. The minimum absolute atomic E-state index is 0.0402. The molecule has 1 aliphatic carbocycles. The number of pyridine rings is 2. The van der Waals surface area contributed by atoms with Gasteiger partial charge in [0.2, 0.25) is 0 Å². The molecule has 180 valence electrons. The van der Waals surface area contributed by atoms with Gasteiger partial charge in [-0.2, -0.15) is 0 Å². The number of carbonyl (C=O) groups excluding carboxylic acids is 1. The van der Waals surface area contributed by atoms with Gasteiger partial charge in [0.15, 0.2) is 11.5 Å². The molecule has 5 heterocycles. The zero-order chi connectivity index (χ0) is 23.7. The van der Waals surface area contributed by atoms with Gasteiger partial charge in [0, 0.05) is 30.3 Å². The van der Waals surface area contributed by atoms with E-state index in [9.17, 15) is 4.79 Å². The number of ether oxygens (including phenoxy) is 3. The number of nitrogens with two attached hydrogens (primary N) is 1. The van der Waals surface area contributed by atoms with Crippen LogP contribution in [-0.4, -0.2) is 33.1 Å². The van der Waals surface area contributed by atoms with Crippen LogP contribution >= 0.6 is 0 Å². The molecule has 2 unspecified atom stereocenters. The fraction of sp³-hybridized carbons (Fsp3) is 0.444. The summed E-state index contributed by atoms with van der Waals surface area (Å²) in [5, 5.41) is 0.889. The van der Waals surface area contributed by atoms with Gasteiger partial charge in [-0.3, -0.25) is 4.79 Å². The lowest BCUT2D eigenvalue weighted by molar-refractivity contribution is -0.138. The van der Waals surface area contributed by atoms with E-state index >= 15 is 0 Å². The van der Waals surface area contributed by atoms with Crippen LogP contribution in [0.25, 0.3) is 10.9 Å². The van der Waals surface area contributed by atoms with Crippen molar-refractivity contribution < 1.29 is 19.0 Å². The van der Waals surface area contributed by atoms with Crippen molar-refractivity contribution in [3.63, 3.8) is 0 Å². The molecule has 8 heteroatoms. The molecule has 1 aromatic carbocycles. The van der Waals surface area contributed by atoms with Crippen LogP contribution in [0.5, 0.6) is 11.5 Å². The number of amides is 1. The highest BCUT2D eigenvalue weighted by atomic mass is 16.7. The lowest BCUT2D eigenvalue weighted by Gasteiger charge is -2.39. The Balaban J connectivity index is 1.23. The number of nitrogen functional groups attached to an aromatic ring is 1. The van der Waals surface area contributed by atoms with Crippen LogP contribution in [0.1, 0.15) is 72.2 Å². The minimum Gasteiger partial charge on any atom is -0.448 e. The number of fused-ring (bicyclic) bond motifs is 4. The highest BCUT2D eigenvalue weighted by Gasteiger charge is 2.47. The number of piperidine rings is 1. The summed E-state index contributed by atoms with van der Waals surface area (Å²) in [6.07, 6.45) is 6.58. The number of rotatable bonds is 2. The summed E-state index contributed by atoms with van der Waals surface area (Å²) >= 11 is 0. The van der Waals surface area contributed by atoms with Crippen molar-refractivity contribution in [3.05, 3.63) is 52.8 Å². The second-order valence-electron chi connectivity index (χ2n) is 10.4. The Morgan fingerprint density at radius 2 is 1.94 bits per heavy atom. The van der Waals surface area contributed by atoms with E-state index in [0.29, 0.717) is 42.7 Å². The van der Waals surface area contributed by atoms with Gasteiger partial charge in [0.25, 0.3) is 11.7 Å². The molecule has 1 spiro atoms. The maximum atomic E-state index is 13.9. The first-order valence-electron chi connectivity index (χ1n) is 12.5. The second kappa shape index (κ2) is 7.55. The molecule has 3 aliphatic heterocycles. The summed E-state index contributed by atoms with van der Waals surface area (Å²) in [7, 11) is 0. The van der Waals surface area contributed by atoms with Crippen molar-refractivity contribution in [2.75, 3.05) is 12.3 Å². The molecule has 2 atom stereocenters. The van der Waals surface area contributed by atoms with Gasteiger partial charge >= 0.3 is 0 Å². The van der Waals surface area contributed by atoms with Crippen LogP contribution in [0.2, 0.25) is 0 Å². The van der Waals surface area contributed by atoms with Crippen molar-refractivity contribution >= 4 is 22.6 Å². The predicted octanol–water partition coefficient (Wildman–Crippen LogP) is 4.51. The number of hydrogen-bond donors (Lipinski definition) is 1. The van der Waals surface area contributed by atoms with Gasteiger partial charge in [-0.25, -0.2) is 9.97 Å². The number of carbonyl (C=O) groups is 1. The summed E-state index contributed by atoms with van der Waals surface area (Å²) < 4.78 is 17.9. The van der Waals surface area contributed by atoms with Crippen molar-refractivity contribution in [1.82, 2.24) is 14.9 Å². The van der Waals surface area contributed by atoms with Crippen molar-refractivity contribution in [1.29, 1.82) is 0 Å². The Morgan fingerprint density at radius 1 is 1.11 bits per heavy atom. The molecule has 3 aromatic rings. The molecule has 1 amide bonds. The standard InChI is InChI=1S/C27H28N4O4/c1-15-3-5-22(16-4-6-23-24(9-16)35-27(34-23)7-2-8-27)31(12-15)26(32)20-10-17-18-13-33-14-19(18)25(28)30-21(17)11-29-20/h4,6,9-11,15,22H,2-3,5,7-8,12-14H2,1H3,(H2,28,30). The highest BCUT2D eigenvalue weighted by molar-refractivity contribution is 5.97. The van der Waals surface area contributed by atoms with E-state index in [1.807, 2.05) is 17.0 Å². The maximum Gasteiger partial charge on any atom is 0.272 e. The van der Waals surface area contributed by atoms with Gasteiger partial charge in [-0.15, -0.1) is 0 Å². The number of aromatic nitrogens is 2. The molecular formula is C27H28N4O4. The number of hydrogen-bond acceptors (Lipinski definition) is 7. The molecule has 35 heavy (non-hydrogen) atoms. The second-order valence-corrected chi connectivity index (χ2v) is 10.4. The molecule has 4 aliphatic rings. The minimum atomic E-state index is -0.464. The first-order chi connectivity index (χ1) is 17.0. The lowest BCUT2D eigenvalue weighted by atomic mass is 9.89. The summed E-state index contributed by atoms with van der Waals surface area (Å²) in [6.45, 7) is 3.80. The monoisotopic (exact) mass is 472 g/mol. The molecule has 1 saturated carbocycles. The maximum absolute atomic E-state index is 13.9. The number of anilines is 1. The quantitative estimate of drug-likeness (QED) is 0.586. The summed E-state index contributed by atoms with van der Waals surface area (Å²) in [5.41, 5.74) is 10.2. The molecule has 0 bridgehead atoms. The topological polar surface area (TPSA) is 99.8 Å². The average Bonchev–Trinajstić information content (AvgIpc) is 3.49. The summed E-state index contributed by atoms with van der Waals surface area (Å²) in [6, 6.07) is 7.95. The Labute approximate surface area is 203 Å². The first-order valence-corrected chi connectivity index (χ1v) is 12.5. The van der Waals surface area contributed by atoms with Crippen LogP contribution < -0.4 is 15.2 Å². The summed E-state index contributed by atoms with van der Waals surface area (Å²) in [5.74, 6) is 1.95. The highest BCUT2D eigenvalue weighted by Crippen LogP contribution is 2.49. The Morgan fingerprint density at radius 3 is 2.77 bits per heavy atom. The fourth-order valence-corrected chi connectivity index (χ4v) is 5.85. The van der Waals surface area contributed by atoms with E-state index in [-0.39, 0.29) is 11.9 Å². The van der Waals surface area contributed by atoms with Crippen LogP contribution in [0.4, 0.5) is 5.82 Å². The molecule has 2 N–H and O–H groups in total. The Hall–Kier alpha value is -3.39. The average molecular weight is 473 g/mol. The number of likely N-dealkylation sites (tertiary alicyclic amines) is 1.